The van der Waals surface area contributed by atoms with Crippen LogP contribution in [-0.2, 0) is 13.2 Å². The molecule has 0 unspecified atom stereocenters. The number of nitrogens with two attached hydrogens (primary N) is 1. The van der Waals surface area contributed by atoms with Crippen molar-refractivity contribution >= 4 is 11.6 Å². The van der Waals surface area contributed by atoms with Crippen LogP contribution in [0.5, 0.6) is 5.75 Å². The van der Waals surface area contributed by atoms with Gasteiger partial charge in [0.05, 0.1) is 5.02 Å². The van der Waals surface area contributed by atoms with E-state index in [0.717, 1.165) is 6.07 Å². The van der Waals surface area contributed by atoms with Gasteiger partial charge in [-0.3, -0.25) is 0 Å². The van der Waals surface area contributed by atoms with Crippen LogP contribution in [0.3, 0.4) is 0 Å². The molecule has 19 heavy (non-hydrogen) atoms. The Morgan fingerprint density at radius 1 is 1.11 bits per heavy atom. The van der Waals surface area contributed by atoms with Gasteiger partial charge < -0.3 is 10.5 Å². The first-order valence-corrected chi connectivity index (χ1v) is 6.04. The molecule has 2 aromatic rings. The zero-order chi connectivity index (χ0) is 13.8. The van der Waals surface area contributed by atoms with Crippen LogP contribution in [-0.4, -0.2) is 0 Å². The van der Waals surface area contributed by atoms with Gasteiger partial charge in [-0.25, -0.2) is 8.78 Å². The maximum atomic E-state index is 13.9. The van der Waals surface area contributed by atoms with Crippen LogP contribution in [0.15, 0.2) is 36.4 Å². The summed E-state index contributed by atoms with van der Waals surface area (Å²) in [5.41, 5.74) is 6.22. The van der Waals surface area contributed by atoms with Gasteiger partial charge in [-0.1, -0.05) is 29.8 Å². The van der Waals surface area contributed by atoms with Crippen molar-refractivity contribution in [2.24, 2.45) is 5.73 Å². The first kappa shape index (κ1) is 13.8. The maximum Gasteiger partial charge on any atom is 0.138 e. The van der Waals surface area contributed by atoms with Gasteiger partial charge in [0.25, 0.3) is 0 Å². The zero-order valence-corrected chi connectivity index (χ0v) is 10.8. The van der Waals surface area contributed by atoms with E-state index >= 15 is 0 Å². The number of hydrogen-bond donors (Lipinski definition) is 1. The number of benzene rings is 2. The van der Waals surface area contributed by atoms with E-state index in [-0.39, 0.29) is 24.0 Å². The monoisotopic (exact) mass is 283 g/mol. The molecule has 0 saturated carbocycles. The maximum absolute atomic E-state index is 13.9. The Morgan fingerprint density at radius 3 is 2.53 bits per heavy atom. The molecule has 2 nitrogen and oxygen atoms in total. The first-order chi connectivity index (χ1) is 9.11. The van der Waals surface area contributed by atoms with Gasteiger partial charge in [0.15, 0.2) is 0 Å². The number of halogens is 3. The molecule has 0 saturated heterocycles. The average molecular weight is 284 g/mol. The average Bonchev–Trinajstić information content (AvgIpc) is 2.39. The van der Waals surface area contributed by atoms with Crippen molar-refractivity contribution in [3.8, 4) is 5.75 Å². The summed E-state index contributed by atoms with van der Waals surface area (Å²) in [5, 5.41) is 0.149. The second kappa shape index (κ2) is 5.99. The van der Waals surface area contributed by atoms with Crippen molar-refractivity contribution < 1.29 is 13.5 Å². The number of hydrogen-bond acceptors (Lipinski definition) is 2. The SMILES string of the molecule is NCc1cccc(COc2ccc(F)cc2Cl)c1F. The molecule has 0 heterocycles. The van der Waals surface area contributed by atoms with Crippen LogP contribution < -0.4 is 10.5 Å². The lowest BCUT2D eigenvalue weighted by molar-refractivity contribution is 0.299. The lowest BCUT2D eigenvalue weighted by Gasteiger charge is -2.10. The molecular weight excluding hydrogens is 272 g/mol. The fraction of sp³-hybridized carbons (Fsp3) is 0.143. The van der Waals surface area contributed by atoms with E-state index in [0.29, 0.717) is 16.9 Å². The van der Waals surface area contributed by atoms with E-state index < -0.39 is 5.82 Å². The molecule has 0 radical (unpaired) electrons. The molecule has 0 aliphatic rings. The predicted molar refractivity (Wildman–Crippen MR) is 70.0 cm³/mol. The Morgan fingerprint density at radius 2 is 1.84 bits per heavy atom. The van der Waals surface area contributed by atoms with E-state index in [4.69, 9.17) is 22.1 Å². The van der Waals surface area contributed by atoms with Gasteiger partial charge in [0.1, 0.15) is 24.0 Å². The minimum absolute atomic E-state index is 0.00499. The molecule has 2 aromatic carbocycles. The number of rotatable bonds is 4. The summed E-state index contributed by atoms with van der Waals surface area (Å²) in [6, 6.07) is 8.70. The van der Waals surface area contributed by atoms with Gasteiger partial charge in [0.2, 0.25) is 0 Å². The van der Waals surface area contributed by atoms with Crippen molar-refractivity contribution in [2.75, 3.05) is 0 Å². The molecule has 0 fully saturated rings. The Kier molecular flexibility index (Phi) is 4.35. The smallest absolute Gasteiger partial charge is 0.138 e. The lowest BCUT2D eigenvalue weighted by Crippen LogP contribution is -2.05. The van der Waals surface area contributed by atoms with Crippen LogP contribution in [0.1, 0.15) is 11.1 Å². The van der Waals surface area contributed by atoms with Crippen LogP contribution >= 0.6 is 11.6 Å². The summed E-state index contributed by atoms with van der Waals surface area (Å²) in [4.78, 5) is 0. The molecule has 0 aromatic heterocycles. The van der Waals surface area contributed by atoms with E-state index in [1.54, 1.807) is 18.2 Å². The summed E-state index contributed by atoms with van der Waals surface area (Å²) in [7, 11) is 0. The topological polar surface area (TPSA) is 35.2 Å². The van der Waals surface area contributed by atoms with Gasteiger partial charge in [-0.2, -0.15) is 0 Å². The highest BCUT2D eigenvalue weighted by Gasteiger charge is 2.09. The highest BCUT2D eigenvalue weighted by atomic mass is 35.5. The van der Waals surface area contributed by atoms with Crippen molar-refractivity contribution in [2.45, 2.75) is 13.2 Å². The molecule has 0 bridgehead atoms. The minimum atomic E-state index is -0.450. The van der Waals surface area contributed by atoms with Gasteiger partial charge in [-0.05, 0) is 18.2 Å². The van der Waals surface area contributed by atoms with Crippen LogP contribution in [0.25, 0.3) is 0 Å². The van der Waals surface area contributed by atoms with Crippen LogP contribution in [0.2, 0.25) is 5.02 Å². The van der Waals surface area contributed by atoms with Gasteiger partial charge >= 0.3 is 0 Å². The summed E-state index contributed by atoms with van der Waals surface area (Å²) in [6.45, 7) is 0.127. The second-order valence-corrected chi connectivity index (χ2v) is 4.36. The molecule has 0 aliphatic heterocycles. The Hall–Kier alpha value is -1.65. The third kappa shape index (κ3) is 3.22. The lowest BCUT2D eigenvalue weighted by atomic mass is 10.1. The summed E-state index contributed by atoms with van der Waals surface area (Å²) in [5.74, 6) is -0.530. The fourth-order valence-corrected chi connectivity index (χ4v) is 1.87. The molecule has 2 N–H and O–H groups in total. The third-order valence-corrected chi connectivity index (χ3v) is 2.95. The molecular formula is C14H12ClF2NO. The quantitative estimate of drug-likeness (QED) is 0.929. The fourth-order valence-electron chi connectivity index (χ4n) is 1.65. The zero-order valence-electron chi connectivity index (χ0n) is 10.00. The second-order valence-electron chi connectivity index (χ2n) is 3.96. The summed E-state index contributed by atoms with van der Waals surface area (Å²) >= 11 is 5.82. The summed E-state index contributed by atoms with van der Waals surface area (Å²) in [6.07, 6.45) is 0. The van der Waals surface area contributed by atoms with E-state index in [1.165, 1.54) is 12.1 Å². The van der Waals surface area contributed by atoms with E-state index in [9.17, 15) is 8.78 Å². The van der Waals surface area contributed by atoms with Crippen molar-refractivity contribution in [3.05, 3.63) is 64.2 Å². The molecule has 0 aliphatic carbocycles. The van der Waals surface area contributed by atoms with Crippen molar-refractivity contribution in [1.82, 2.24) is 0 Å². The van der Waals surface area contributed by atoms with E-state index in [2.05, 4.69) is 0 Å². The number of ether oxygens (including phenoxy) is 1. The Bertz CT molecular complexity index is 590. The normalized spacial score (nSPS) is 10.5. The highest BCUT2D eigenvalue weighted by molar-refractivity contribution is 6.32. The Labute approximate surface area is 114 Å². The standard InChI is InChI=1S/C14H12ClF2NO/c15-12-6-11(16)4-5-13(12)19-8-10-3-1-2-9(7-18)14(10)17/h1-6H,7-8,18H2. The molecule has 100 valence electrons. The molecule has 2 rings (SSSR count). The van der Waals surface area contributed by atoms with Crippen molar-refractivity contribution in [1.29, 1.82) is 0 Å². The summed E-state index contributed by atoms with van der Waals surface area (Å²) < 4.78 is 32.1. The van der Waals surface area contributed by atoms with Gasteiger partial charge in [0, 0.05) is 17.7 Å². The van der Waals surface area contributed by atoms with Crippen molar-refractivity contribution in [3.63, 3.8) is 0 Å². The highest BCUT2D eigenvalue weighted by Crippen LogP contribution is 2.26. The van der Waals surface area contributed by atoms with Gasteiger partial charge in [-0.15, -0.1) is 0 Å². The van der Waals surface area contributed by atoms with Crippen LogP contribution in [0.4, 0.5) is 8.78 Å². The first-order valence-electron chi connectivity index (χ1n) is 5.66. The van der Waals surface area contributed by atoms with Crippen LogP contribution in [0, 0.1) is 11.6 Å². The molecule has 0 atom stereocenters. The molecule has 0 spiro atoms. The minimum Gasteiger partial charge on any atom is -0.487 e. The third-order valence-electron chi connectivity index (χ3n) is 2.66. The Balaban J connectivity index is 2.14. The van der Waals surface area contributed by atoms with E-state index in [1.807, 2.05) is 0 Å². The molecule has 5 heteroatoms. The largest absolute Gasteiger partial charge is 0.487 e. The predicted octanol–water partition coefficient (Wildman–Crippen LogP) is 3.66. The molecule has 0 amide bonds.